The monoisotopic (exact) mass is 292 g/mol. The Morgan fingerprint density at radius 2 is 1.86 bits per heavy atom. The molecular formula is C18H16N2O2. The van der Waals surface area contributed by atoms with Crippen molar-refractivity contribution in [1.82, 2.24) is 4.98 Å². The number of fused-ring (bicyclic) bond motifs is 1. The van der Waals surface area contributed by atoms with E-state index in [4.69, 9.17) is 4.74 Å². The molecule has 3 aromatic rings. The van der Waals surface area contributed by atoms with Crippen LogP contribution >= 0.6 is 0 Å². The summed E-state index contributed by atoms with van der Waals surface area (Å²) >= 11 is 0. The number of nitrogens with one attached hydrogen (secondary N) is 1. The number of aromatic amines is 1. The minimum Gasteiger partial charge on any atom is -0.461 e. The Morgan fingerprint density at radius 3 is 2.64 bits per heavy atom. The highest BCUT2D eigenvalue weighted by molar-refractivity contribution is 6.06. The molecule has 110 valence electrons. The summed E-state index contributed by atoms with van der Waals surface area (Å²) in [6.45, 7) is 2.11. The summed E-state index contributed by atoms with van der Waals surface area (Å²) in [6.07, 6.45) is 1.75. The van der Waals surface area contributed by atoms with Crippen LogP contribution in [0.3, 0.4) is 0 Å². The maximum Gasteiger partial charge on any atom is 0.357 e. The highest BCUT2D eigenvalue weighted by atomic mass is 16.5. The number of rotatable bonds is 4. The summed E-state index contributed by atoms with van der Waals surface area (Å²) in [6, 6.07) is 17.5. The Bertz CT molecular complexity index is 819. The number of esters is 1. The molecule has 2 aromatic carbocycles. The topological polar surface area (TPSA) is 54.5 Å². The van der Waals surface area contributed by atoms with Gasteiger partial charge in [0.25, 0.3) is 0 Å². The molecule has 0 aliphatic carbocycles. The second-order valence-electron chi connectivity index (χ2n) is 4.78. The van der Waals surface area contributed by atoms with Crippen LogP contribution in [0.25, 0.3) is 10.9 Å². The van der Waals surface area contributed by atoms with E-state index in [0.717, 1.165) is 16.5 Å². The Labute approximate surface area is 128 Å². The molecule has 1 heterocycles. The fourth-order valence-corrected chi connectivity index (χ4v) is 2.29. The van der Waals surface area contributed by atoms with Crippen LogP contribution in [0.1, 0.15) is 23.0 Å². The van der Waals surface area contributed by atoms with Crippen LogP contribution in [0.15, 0.2) is 59.6 Å². The van der Waals surface area contributed by atoms with E-state index in [1.807, 2.05) is 54.6 Å². The van der Waals surface area contributed by atoms with Crippen LogP contribution in [-0.2, 0) is 4.74 Å². The quantitative estimate of drug-likeness (QED) is 0.581. The van der Waals surface area contributed by atoms with Crippen molar-refractivity contribution in [3.63, 3.8) is 0 Å². The molecule has 0 saturated carbocycles. The Morgan fingerprint density at radius 1 is 1.14 bits per heavy atom. The van der Waals surface area contributed by atoms with Crippen LogP contribution in [-0.4, -0.2) is 23.8 Å². The molecule has 0 aliphatic rings. The SMILES string of the molecule is CCOC(=O)c1[nH]c2ccccc2c1N=Cc1ccccc1. The number of ether oxygens (including phenoxy) is 1. The smallest absolute Gasteiger partial charge is 0.357 e. The summed E-state index contributed by atoms with van der Waals surface area (Å²) in [5.41, 5.74) is 2.83. The van der Waals surface area contributed by atoms with Crippen molar-refractivity contribution < 1.29 is 9.53 Å². The predicted octanol–water partition coefficient (Wildman–Crippen LogP) is 4.10. The molecule has 4 heteroatoms. The van der Waals surface area contributed by atoms with Crippen LogP contribution in [0, 0.1) is 0 Å². The lowest BCUT2D eigenvalue weighted by atomic mass is 10.2. The minimum atomic E-state index is -0.390. The van der Waals surface area contributed by atoms with E-state index in [1.165, 1.54) is 0 Å². The van der Waals surface area contributed by atoms with Gasteiger partial charge in [-0.2, -0.15) is 0 Å². The first-order valence-corrected chi connectivity index (χ1v) is 7.16. The standard InChI is InChI=1S/C18H16N2O2/c1-2-22-18(21)17-16(14-10-6-7-11-15(14)20-17)19-12-13-8-4-3-5-9-13/h3-12,20H,2H2,1H3. The molecule has 1 N–H and O–H groups in total. The molecule has 4 nitrogen and oxygen atoms in total. The molecule has 0 spiro atoms. The van der Waals surface area contributed by atoms with Crippen LogP contribution in [0.4, 0.5) is 5.69 Å². The van der Waals surface area contributed by atoms with E-state index in [2.05, 4.69) is 9.98 Å². The number of aromatic nitrogens is 1. The van der Waals surface area contributed by atoms with Crippen molar-refractivity contribution >= 4 is 28.8 Å². The third-order valence-electron chi connectivity index (χ3n) is 3.30. The number of benzene rings is 2. The Balaban J connectivity index is 2.07. The fraction of sp³-hybridized carbons (Fsp3) is 0.111. The highest BCUT2D eigenvalue weighted by Gasteiger charge is 2.17. The number of hydrogen-bond donors (Lipinski definition) is 1. The fourth-order valence-electron chi connectivity index (χ4n) is 2.29. The summed E-state index contributed by atoms with van der Waals surface area (Å²) in [4.78, 5) is 19.7. The third kappa shape index (κ3) is 2.76. The first kappa shape index (κ1) is 14.1. The van der Waals surface area contributed by atoms with E-state index in [9.17, 15) is 4.79 Å². The zero-order chi connectivity index (χ0) is 15.4. The van der Waals surface area contributed by atoms with E-state index in [1.54, 1.807) is 13.1 Å². The molecular weight excluding hydrogens is 276 g/mol. The van der Waals surface area contributed by atoms with Gasteiger partial charge in [-0.05, 0) is 18.6 Å². The molecule has 0 saturated heterocycles. The van der Waals surface area contributed by atoms with Crippen molar-refractivity contribution in [2.45, 2.75) is 6.92 Å². The number of para-hydroxylation sites is 1. The molecule has 3 rings (SSSR count). The molecule has 1 aromatic heterocycles. The Kier molecular flexibility index (Phi) is 4.01. The van der Waals surface area contributed by atoms with Crippen LogP contribution < -0.4 is 0 Å². The van der Waals surface area contributed by atoms with E-state index in [-0.39, 0.29) is 5.97 Å². The number of H-pyrrole nitrogens is 1. The number of nitrogens with zero attached hydrogens (tertiary/aromatic N) is 1. The summed E-state index contributed by atoms with van der Waals surface area (Å²) in [7, 11) is 0. The maximum absolute atomic E-state index is 12.1. The van der Waals surface area contributed by atoms with Gasteiger partial charge in [0.05, 0.1) is 6.61 Å². The van der Waals surface area contributed by atoms with Gasteiger partial charge in [0.1, 0.15) is 5.69 Å². The first-order chi connectivity index (χ1) is 10.8. The zero-order valence-corrected chi connectivity index (χ0v) is 12.2. The van der Waals surface area contributed by atoms with Gasteiger partial charge < -0.3 is 9.72 Å². The molecule has 0 unspecified atom stereocenters. The number of hydrogen-bond acceptors (Lipinski definition) is 3. The van der Waals surface area contributed by atoms with Crippen molar-refractivity contribution in [3.05, 3.63) is 65.9 Å². The van der Waals surface area contributed by atoms with E-state index >= 15 is 0 Å². The number of aliphatic imine (C=N–C) groups is 1. The predicted molar refractivity (Wildman–Crippen MR) is 88.0 cm³/mol. The van der Waals surface area contributed by atoms with Crippen LogP contribution in [0.5, 0.6) is 0 Å². The van der Waals surface area contributed by atoms with Gasteiger partial charge >= 0.3 is 5.97 Å². The lowest BCUT2D eigenvalue weighted by molar-refractivity contribution is 0.0521. The second kappa shape index (κ2) is 6.26. The average molecular weight is 292 g/mol. The van der Waals surface area contributed by atoms with Gasteiger partial charge in [-0.25, -0.2) is 4.79 Å². The third-order valence-corrected chi connectivity index (χ3v) is 3.30. The van der Waals surface area contributed by atoms with Crippen molar-refractivity contribution in [2.24, 2.45) is 4.99 Å². The normalized spacial score (nSPS) is 11.1. The molecule has 0 radical (unpaired) electrons. The highest BCUT2D eigenvalue weighted by Crippen LogP contribution is 2.30. The second-order valence-corrected chi connectivity index (χ2v) is 4.78. The van der Waals surface area contributed by atoms with Gasteiger partial charge in [0, 0.05) is 17.1 Å². The zero-order valence-electron chi connectivity index (χ0n) is 12.2. The van der Waals surface area contributed by atoms with Gasteiger partial charge in [0.15, 0.2) is 5.69 Å². The maximum atomic E-state index is 12.1. The molecule has 0 aliphatic heterocycles. The lowest BCUT2D eigenvalue weighted by Crippen LogP contribution is -2.05. The molecule has 0 amide bonds. The molecule has 0 atom stereocenters. The molecule has 0 fully saturated rings. The van der Waals surface area contributed by atoms with Gasteiger partial charge in [-0.3, -0.25) is 4.99 Å². The molecule has 0 bridgehead atoms. The van der Waals surface area contributed by atoms with Gasteiger partial charge in [-0.1, -0.05) is 48.5 Å². The summed E-state index contributed by atoms with van der Waals surface area (Å²) < 4.78 is 5.11. The number of carbonyl (C=O) groups is 1. The van der Waals surface area contributed by atoms with E-state index < -0.39 is 0 Å². The summed E-state index contributed by atoms with van der Waals surface area (Å²) in [5.74, 6) is -0.390. The van der Waals surface area contributed by atoms with E-state index in [0.29, 0.717) is 18.0 Å². The van der Waals surface area contributed by atoms with Crippen molar-refractivity contribution in [3.8, 4) is 0 Å². The first-order valence-electron chi connectivity index (χ1n) is 7.16. The lowest BCUT2D eigenvalue weighted by Gasteiger charge is -2.00. The van der Waals surface area contributed by atoms with Crippen LogP contribution in [0.2, 0.25) is 0 Å². The number of carbonyl (C=O) groups excluding carboxylic acids is 1. The van der Waals surface area contributed by atoms with Crippen molar-refractivity contribution in [2.75, 3.05) is 6.61 Å². The molecule has 22 heavy (non-hydrogen) atoms. The van der Waals surface area contributed by atoms with Gasteiger partial charge in [0.2, 0.25) is 0 Å². The van der Waals surface area contributed by atoms with Gasteiger partial charge in [-0.15, -0.1) is 0 Å². The average Bonchev–Trinajstić information content (AvgIpc) is 2.93. The Hall–Kier alpha value is -2.88. The largest absolute Gasteiger partial charge is 0.461 e. The van der Waals surface area contributed by atoms with Crippen molar-refractivity contribution in [1.29, 1.82) is 0 Å². The summed E-state index contributed by atoms with van der Waals surface area (Å²) in [5, 5.41) is 0.901. The minimum absolute atomic E-state index is 0.329.